The van der Waals surface area contributed by atoms with Gasteiger partial charge in [-0.1, -0.05) is 0 Å². The minimum atomic E-state index is -0.143. The molecule has 0 radical (unpaired) electrons. The smallest absolute Gasteiger partial charge is 0.158 e. The highest BCUT2D eigenvalue weighted by molar-refractivity contribution is 4.95. The highest BCUT2D eigenvalue weighted by Crippen LogP contribution is 2.15. The Morgan fingerprint density at radius 3 is 3.00 bits per heavy atom. The molecule has 1 fully saturated rings. The van der Waals surface area contributed by atoms with Crippen LogP contribution < -0.4 is 0 Å². The van der Waals surface area contributed by atoms with Crippen molar-refractivity contribution in [3.8, 4) is 12.3 Å². The van der Waals surface area contributed by atoms with E-state index in [1.807, 2.05) is 6.08 Å². The summed E-state index contributed by atoms with van der Waals surface area (Å²) in [7, 11) is 1.63. The molecule has 22 heavy (non-hydrogen) atoms. The molecular weight excluding hydrogens is 284 g/mol. The zero-order chi connectivity index (χ0) is 15.9. The van der Waals surface area contributed by atoms with Crippen LogP contribution in [0.4, 0.5) is 0 Å². The molecule has 1 unspecified atom stereocenters. The largest absolute Gasteiger partial charge is 0.497 e. The second-order valence-electron chi connectivity index (χ2n) is 4.74. The van der Waals surface area contributed by atoms with E-state index in [1.54, 1.807) is 19.4 Å². The molecule has 5 heteroatoms. The fraction of sp³-hybridized carbons (Fsp3) is 0.647. The molecule has 124 valence electrons. The molecule has 0 saturated carbocycles. The van der Waals surface area contributed by atoms with Gasteiger partial charge in [0, 0.05) is 20.1 Å². The minimum absolute atomic E-state index is 0.143. The maximum Gasteiger partial charge on any atom is 0.158 e. The Bertz CT molecular complexity index is 364. The first-order chi connectivity index (χ1) is 10.9. The summed E-state index contributed by atoms with van der Waals surface area (Å²) in [6.07, 6.45) is 14.0. The van der Waals surface area contributed by atoms with Crippen molar-refractivity contribution in [3.63, 3.8) is 0 Å². The lowest BCUT2D eigenvalue weighted by Gasteiger charge is -2.23. The summed E-state index contributed by atoms with van der Waals surface area (Å²) in [6.45, 7) is 2.52. The van der Waals surface area contributed by atoms with Crippen LogP contribution in [-0.4, -0.2) is 46.4 Å². The van der Waals surface area contributed by atoms with Gasteiger partial charge in [-0.15, -0.1) is 12.3 Å². The monoisotopic (exact) mass is 310 g/mol. The molecule has 0 aromatic carbocycles. The molecule has 1 aliphatic heterocycles. The van der Waals surface area contributed by atoms with Crippen LogP contribution in [0.5, 0.6) is 0 Å². The van der Waals surface area contributed by atoms with Crippen LogP contribution >= 0.6 is 0 Å². The quantitative estimate of drug-likeness (QED) is 0.333. The Labute approximate surface area is 133 Å². The summed E-state index contributed by atoms with van der Waals surface area (Å²) >= 11 is 0. The summed E-state index contributed by atoms with van der Waals surface area (Å²) in [6, 6.07) is 0. The van der Waals surface area contributed by atoms with Crippen LogP contribution in [0.3, 0.4) is 0 Å². The molecule has 0 aliphatic carbocycles. The standard InChI is InChI=1S/C17H26O5/c1-3-4-12-20-16(9-14-19-11-7-10-18-2)15-22-17-8-5-6-13-21-17/h1,7,9,11,17H,4-6,8,10,12-15H2,2H3/b11-7+,16-9+. The third-order valence-corrected chi connectivity index (χ3v) is 2.95. The van der Waals surface area contributed by atoms with Gasteiger partial charge in [0.25, 0.3) is 0 Å². The van der Waals surface area contributed by atoms with Crippen molar-refractivity contribution in [2.45, 2.75) is 32.0 Å². The second-order valence-corrected chi connectivity index (χ2v) is 4.74. The van der Waals surface area contributed by atoms with Crippen LogP contribution in [0.1, 0.15) is 25.7 Å². The van der Waals surface area contributed by atoms with E-state index in [0.29, 0.717) is 38.6 Å². The summed E-state index contributed by atoms with van der Waals surface area (Å²) in [5.74, 6) is 3.26. The number of rotatable bonds is 11. The third-order valence-electron chi connectivity index (χ3n) is 2.95. The van der Waals surface area contributed by atoms with Gasteiger partial charge >= 0.3 is 0 Å². The fourth-order valence-electron chi connectivity index (χ4n) is 1.82. The van der Waals surface area contributed by atoms with Gasteiger partial charge in [0.05, 0.1) is 19.5 Å². The van der Waals surface area contributed by atoms with Crippen molar-refractivity contribution in [2.75, 3.05) is 40.1 Å². The molecule has 0 aromatic heterocycles. The summed E-state index contributed by atoms with van der Waals surface area (Å²) in [4.78, 5) is 0. The first kappa shape index (κ1) is 18.6. The predicted molar refractivity (Wildman–Crippen MR) is 84.0 cm³/mol. The van der Waals surface area contributed by atoms with E-state index in [2.05, 4.69) is 5.92 Å². The minimum Gasteiger partial charge on any atom is -0.497 e. The normalized spacial score (nSPS) is 19.1. The van der Waals surface area contributed by atoms with Crippen molar-refractivity contribution in [3.05, 3.63) is 24.2 Å². The Morgan fingerprint density at radius 2 is 2.27 bits per heavy atom. The molecule has 5 nitrogen and oxygen atoms in total. The highest BCUT2D eigenvalue weighted by Gasteiger charge is 2.14. The van der Waals surface area contributed by atoms with Gasteiger partial charge in [-0.2, -0.15) is 0 Å². The zero-order valence-electron chi connectivity index (χ0n) is 13.3. The molecule has 1 rings (SSSR count). The van der Waals surface area contributed by atoms with Crippen molar-refractivity contribution in [1.82, 2.24) is 0 Å². The Morgan fingerprint density at radius 1 is 1.36 bits per heavy atom. The van der Waals surface area contributed by atoms with E-state index in [9.17, 15) is 0 Å². The van der Waals surface area contributed by atoms with Crippen LogP contribution in [0.2, 0.25) is 0 Å². The number of hydrogen-bond donors (Lipinski definition) is 0. The topological polar surface area (TPSA) is 46.2 Å². The first-order valence-electron chi connectivity index (χ1n) is 7.61. The van der Waals surface area contributed by atoms with Gasteiger partial charge in [-0.25, -0.2) is 0 Å². The van der Waals surface area contributed by atoms with E-state index < -0.39 is 0 Å². The number of hydrogen-bond acceptors (Lipinski definition) is 5. The van der Waals surface area contributed by atoms with Crippen LogP contribution in [-0.2, 0) is 23.7 Å². The van der Waals surface area contributed by atoms with Gasteiger partial charge in [-0.05, 0) is 31.4 Å². The molecule has 0 spiro atoms. The van der Waals surface area contributed by atoms with Crippen molar-refractivity contribution in [2.24, 2.45) is 0 Å². The van der Waals surface area contributed by atoms with Crippen LogP contribution in [0.25, 0.3) is 0 Å². The average molecular weight is 310 g/mol. The van der Waals surface area contributed by atoms with E-state index in [0.717, 1.165) is 25.9 Å². The molecule has 1 atom stereocenters. The van der Waals surface area contributed by atoms with Gasteiger partial charge in [0.2, 0.25) is 0 Å². The lowest BCUT2D eigenvalue weighted by molar-refractivity contribution is -0.161. The fourth-order valence-corrected chi connectivity index (χ4v) is 1.82. The van der Waals surface area contributed by atoms with Crippen molar-refractivity contribution < 1.29 is 23.7 Å². The highest BCUT2D eigenvalue weighted by atomic mass is 16.7. The third kappa shape index (κ3) is 9.46. The molecule has 1 heterocycles. The molecule has 0 N–H and O–H groups in total. The van der Waals surface area contributed by atoms with E-state index in [4.69, 9.17) is 30.1 Å². The molecule has 0 amide bonds. The number of methoxy groups -OCH3 is 1. The van der Waals surface area contributed by atoms with Crippen molar-refractivity contribution >= 4 is 0 Å². The Balaban J connectivity index is 2.31. The van der Waals surface area contributed by atoms with E-state index in [1.165, 1.54) is 0 Å². The van der Waals surface area contributed by atoms with Crippen LogP contribution in [0, 0.1) is 12.3 Å². The van der Waals surface area contributed by atoms with E-state index >= 15 is 0 Å². The maximum absolute atomic E-state index is 5.71. The predicted octanol–water partition coefficient (Wildman–Crippen LogP) is 2.63. The van der Waals surface area contributed by atoms with Gasteiger partial charge < -0.3 is 23.7 Å². The summed E-state index contributed by atoms with van der Waals surface area (Å²) in [5, 5.41) is 0. The SMILES string of the molecule is C#CCCO/C(=C/CO/C=C/COC)COC1CCCCO1. The first-order valence-corrected chi connectivity index (χ1v) is 7.61. The molecule has 1 aliphatic rings. The maximum atomic E-state index is 5.71. The van der Waals surface area contributed by atoms with Gasteiger partial charge in [0.15, 0.2) is 6.29 Å². The Hall–Kier alpha value is -1.48. The van der Waals surface area contributed by atoms with Crippen molar-refractivity contribution in [1.29, 1.82) is 0 Å². The molecule has 0 bridgehead atoms. The van der Waals surface area contributed by atoms with E-state index in [-0.39, 0.29) is 6.29 Å². The lowest BCUT2D eigenvalue weighted by Crippen LogP contribution is -2.23. The second kappa shape index (κ2) is 13.2. The molecular formula is C17H26O5. The summed E-state index contributed by atoms with van der Waals surface area (Å²) < 4.78 is 27.1. The lowest BCUT2D eigenvalue weighted by atomic mass is 10.2. The van der Waals surface area contributed by atoms with Gasteiger partial charge in [0.1, 0.15) is 19.0 Å². The number of ether oxygens (including phenoxy) is 5. The average Bonchev–Trinajstić information content (AvgIpc) is 2.56. The van der Waals surface area contributed by atoms with Gasteiger partial charge in [-0.3, -0.25) is 0 Å². The Kier molecular flexibility index (Phi) is 11.1. The van der Waals surface area contributed by atoms with Crippen LogP contribution in [0.15, 0.2) is 24.2 Å². The molecule has 0 aromatic rings. The molecule has 1 saturated heterocycles. The summed E-state index contributed by atoms with van der Waals surface area (Å²) in [5.41, 5.74) is 0. The zero-order valence-corrected chi connectivity index (χ0v) is 13.3. The number of terminal acetylenes is 1.